The van der Waals surface area contributed by atoms with Gasteiger partial charge in [0.25, 0.3) is 5.91 Å². The third-order valence-electron chi connectivity index (χ3n) is 5.73. The number of methoxy groups -OCH3 is 2. The van der Waals surface area contributed by atoms with Crippen molar-refractivity contribution in [1.82, 2.24) is 4.90 Å². The molecule has 30 heavy (non-hydrogen) atoms. The van der Waals surface area contributed by atoms with Gasteiger partial charge < -0.3 is 20.1 Å². The van der Waals surface area contributed by atoms with Crippen molar-refractivity contribution in [2.75, 3.05) is 33.9 Å². The van der Waals surface area contributed by atoms with Gasteiger partial charge in [-0.1, -0.05) is 30.3 Å². The summed E-state index contributed by atoms with van der Waals surface area (Å²) in [6.45, 7) is 2.17. The molecule has 0 bridgehead atoms. The average molecular weight is 427 g/mol. The second kappa shape index (κ2) is 9.37. The summed E-state index contributed by atoms with van der Waals surface area (Å²) in [4.78, 5) is 14.8. The first-order chi connectivity index (χ1) is 14.1. The molecule has 1 atom stereocenters. The number of benzene rings is 3. The smallest absolute Gasteiger partial charge is 0.253 e. The van der Waals surface area contributed by atoms with Gasteiger partial charge in [0.15, 0.2) is 11.5 Å². The summed E-state index contributed by atoms with van der Waals surface area (Å²) in [6, 6.07) is 18.0. The molecule has 1 saturated heterocycles. The molecule has 3 aromatic rings. The monoisotopic (exact) mass is 426 g/mol. The molecule has 0 spiro atoms. The van der Waals surface area contributed by atoms with Crippen molar-refractivity contribution in [2.45, 2.75) is 6.42 Å². The first-order valence-electron chi connectivity index (χ1n) is 9.89. The number of amides is 1. The van der Waals surface area contributed by atoms with Gasteiger partial charge >= 0.3 is 0 Å². The zero-order valence-corrected chi connectivity index (χ0v) is 18.1. The zero-order valence-electron chi connectivity index (χ0n) is 17.3. The highest BCUT2D eigenvalue weighted by atomic mass is 35.5. The van der Waals surface area contributed by atoms with E-state index in [1.165, 1.54) is 0 Å². The second-order valence-corrected chi connectivity index (χ2v) is 7.45. The lowest BCUT2D eigenvalue weighted by molar-refractivity contribution is 0.0788. The van der Waals surface area contributed by atoms with Gasteiger partial charge in [-0.2, -0.15) is 0 Å². The third kappa shape index (κ3) is 4.09. The van der Waals surface area contributed by atoms with E-state index in [4.69, 9.17) is 15.2 Å². The Balaban J connectivity index is 0.00000256. The van der Waals surface area contributed by atoms with Gasteiger partial charge in [-0.05, 0) is 65.0 Å². The summed E-state index contributed by atoms with van der Waals surface area (Å²) in [5.41, 5.74) is 8.62. The fraction of sp³-hybridized carbons (Fsp3) is 0.292. The number of halogens is 1. The molecule has 1 aliphatic heterocycles. The van der Waals surface area contributed by atoms with E-state index >= 15 is 0 Å². The lowest BCUT2D eigenvalue weighted by atomic mass is 9.96. The largest absolute Gasteiger partial charge is 0.493 e. The van der Waals surface area contributed by atoms with Crippen LogP contribution in [0.1, 0.15) is 16.8 Å². The summed E-state index contributed by atoms with van der Waals surface area (Å²) < 4.78 is 10.8. The Kier molecular flexibility index (Phi) is 6.85. The maximum absolute atomic E-state index is 12.9. The van der Waals surface area contributed by atoms with Crippen LogP contribution in [0.25, 0.3) is 21.9 Å². The standard InChI is InChI=1S/C24H26N2O3.ClH/c1-28-22-9-7-18(13-23(22)29-2)20-5-3-4-17-12-19(6-8-21(17)20)24(27)26-11-10-16(14-25)15-26;/h3-9,12-13,16H,10-11,14-15,25H2,1-2H3;1H. The van der Waals surface area contributed by atoms with E-state index in [9.17, 15) is 4.79 Å². The van der Waals surface area contributed by atoms with E-state index in [1.807, 2.05) is 53.4 Å². The molecule has 0 saturated carbocycles. The van der Waals surface area contributed by atoms with Crippen molar-refractivity contribution in [1.29, 1.82) is 0 Å². The Labute approximate surface area is 183 Å². The van der Waals surface area contributed by atoms with Gasteiger partial charge in [0.2, 0.25) is 0 Å². The topological polar surface area (TPSA) is 64.8 Å². The second-order valence-electron chi connectivity index (χ2n) is 7.45. The summed E-state index contributed by atoms with van der Waals surface area (Å²) in [5, 5.41) is 2.13. The molecule has 5 nitrogen and oxygen atoms in total. The van der Waals surface area contributed by atoms with E-state index in [0.717, 1.165) is 47.0 Å². The van der Waals surface area contributed by atoms with E-state index in [1.54, 1.807) is 14.2 Å². The van der Waals surface area contributed by atoms with Crippen molar-refractivity contribution in [3.05, 3.63) is 60.2 Å². The fourth-order valence-corrected chi connectivity index (χ4v) is 4.06. The van der Waals surface area contributed by atoms with Crippen LogP contribution in [0.4, 0.5) is 0 Å². The highest BCUT2D eigenvalue weighted by Gasteiger charge is 2.26. The molecule has 3 aromatic carbocycles. The molecular formula is C24H27ClN2O3. The van der Waals surface area contributed by atoms with Gasteiger partial charge in [0.1, 0.15) is 0 Å². The number of nitrogens with zero attached hydrogens (tertiary/aromatic N) is 1. The van der Waals surface area contributed by atoms with Crippen molar-refractivity contribution < 1.29 is 14.3 Å². The van der Waals surface area contributed by atoms with Crippen molar-refractivity contribution in [3.63, 3.8) is 0 Å². The lowest BCUT2D eigenvalue weighted by Gasteiger charge is -2.17. The third-order valence-corrected chi connectivity index (χ3v) is 5.73. The summed E-state index contributed by atoms with van der Waals surface area (Å²) in [6.07, 6.45) is 0.985. The fourth-order valence-electron chi connectivity index (χ4n) is 4.06. The Morgan fingerprint density at radius 3 is 2.57 bits per heavy atom. The maximum Gasteiger partial charge on any atom is 0.253 e. The quantitative estimate of drug-likeness (QED) is 0.658. The SMILES string of the molecule is COc1ccc(-c2cccc3cc(C(=O)N4CCC(CN)C4)ccc23)cc1OC.Cl. The van der Waals surface area contributed by atoms with Crippen LogP contribution in [-0.4, -0.2) is 44.7 Å². The molecule has 1 heterocycles. The van der Waals surface area contributed by atoms with Crippen LogP contribution in [0, 0.1) is 5.92 Å². The van der Waals surface area contributed by atoms with E-state index in [-0.39, 0.29) is 18.3 Å². The first kappa shape index (κ1) is 21.9. The van der Waals surface area contributed by atoms with Gasteiger partial charge in [-0.25, -0.2) is 0 Å². The van der Waals surface area contributed by atoms with E-state index in [0.29, 0.717) is 24.0 Å². The average Bonchev–Trinajstić information content (AvgIpc) is 3.26. The Morgan fingerprint density at radius 1 is 1.07 bits per heavy atom. The first-order valence-corrected chi connectivity index (χ1v) is 9.89. The van der Waals surface area contributed by atoms with Crippen LogP contribution in [0.15, 0.2) is 54.6 Å². The minimum atomic E-state index is 0. The van der Waals surface area contributed by atoms with Crippen LogP contribution in [0.2, 0.25) is 0 Å². The molecule has 1 unspecified atom stereocenters. The predicted molar refractivity (Wildman–Crippen MR) is 123 cm³/mol. The minimum Gasteiger partial charge on any atom is -0.493 e. The van der Waals surface area contributed by atoms with Crippen LogP contribution < -0.4 is 15.2 Å². The van der Waals surface area contributed by atoms with Crippen LogP contribution in [-0.2, 0) is 0 Å². The zero-order chi connectivity index (χ0) is 20.4. The summed E-state index contributed by atoms with van der Waals surface area (Å²) in [7, 11) is 3.26. The molecule has 1 fully saturated rings. The Morgan fingerprint density at radius 2 is 1.87 bits per heavy atom. The highest BCUT2D eigenvalue weighted by Crippen LogP contribution is 2.35. The van der Waals surface area contributed by atoms with Gasteiger partial charge in [0, 0.05) is 18.7 Å². The number of rotatable bonds is 5. The van der Waals surface area contributed by atoms with Gasteiger partial charge in [-0.3, -0.25) is 4.79 Å². The number of fused-ring (bicyclic) bond motifs is 1. The van der Waals surface area contributed by atoms with Crippen LogP contribution >= 0.6 is 12.4 Å². The predicted octanol–water partition coefficient (Wildman–Crippen LogP) is 4.37. The summed E-state index contributed by atoms with van der Waals surface area (Å²) >= 11 is 0. The van der Waals surface area contributed by atoms with Gasteiger partial charge in [0.05, 0.1) is 14.2 Å². The molecule has 6 heteroatoms. The molecule has 0 aliphatic carbocycles. The van der Waals surface area contributed by atoms with Gasteiger partial charge in [-0.15, -0.1) is 12.4 Å². The molecule has 4 rings (SSSR count). The molecule has 158 valence electrons. The minimum absolute atomic E-state index is 0. The van der Waals surface area contributed by atoms with Crippen molar-refractivity contribution in [2.24, 2.45) is 11.7 Å². The molecular weight excluding hydrogens is 400 g/mol. The number of carbonyl (C=O) groups excluding carboxylic acids is 1. The number of ether oxygens (including phenoxy) is 2. The molecule has 1 aliphatic rings. The molecule has 2 N–H and O–H groups in total. The molecule has 0 aromatic heterocycles. The number of nitrogens with two attached hydrogens (primary N) is 1. The molecule has 1 amide bonds. The number of likely N-dealkylation sites (tertiary alicyclic amines) is 1. The van der Waals surface area contributed by atoms with Crippen LogP contribution in [0.5, 0.6) is 11.5 Å². The number of hydrogen-bond acceptors (Lipinski definition) is 4. The Hall–Kier alpha value is -2.76. The number of hydrogen-bond donors (Lipinski definition) is 1. The van der Waals surface area contributed by atoms with Crippen LogP contribution in [0.3, 0.4) is 0 Å². The summed E-state index contributed by atoms with van der Waals surface area (Å²) in [5.74, 6) is 1.89. The van der Waals surface area contributed by atoms with E-state index in [2.05, 4.69) is 6.07 Å². The van der Waals surface area contributed by atoms with Crippen molar-refractivity contribution >= 4 is 29.1 Å². The lowest BCUT2D eigenvalue weighted by Crippen LogP contribution is -2.29. The molecule has 0 radical (unpaired) electrons. The van der Waals surface area contributed by atoms with E-state index < -0.39 is 0 Å². The Bertz CT molecular complexity index is 1050. The normalized spacial score (nSPS) is 15.7. The maximum atomic E-state index is 12.9. The van der Waals surface area contributed by atoms with Crippen molar-refractivity contribution in [3.8, 4) is 22.6 Å². The number of carbonyl (C=O) groups is 1. The highest BCUT2D eigenvalue weighted by molar-refractivity contribution is 6.03.